The van der Waals surface area contributed by atoms with Crippen LogP contribution in [0, 0.1) is 11.8 Å². The molecule has 3 rings (SSSR count). The van der Waals surface area contributed by atoms with Gasteiger partial charge >= 0.3 is 5.97 Å². The van der Waals surface area contributed by atoms with Crippen LogP contribution in [0.5, 0.6) is 0 Å². The van der Waals surface area contributed by atoms with E-state index in [1.165, 1.54) is 5.56 Å². The number of nitrogens with zero attached hydrogens (tertiary/aromatic N) is 1. The Morgan fingerprint density at radius 1 is 1.36 bits per heavy atom. The molecule has 0 amide bonds. The Bertz CT molecular complexity index is 571. The van der Waals surface area contributed by atoms with Gasteiger partial charge in [0.15, 0.2) is 0 Å². The number of likely N-dealkylation sites (tertiary alicyclic amines) is 1. The third-order valence-electron chi connectivity index (χ3n) is 5.23. The Kier molecular flexibility index (Phi) is 4.04. The number of rotatable bonds is 4. The van der Waals surface area contributed by atoms with Crippen LogP contribution in [0.3, 0.4) is 0 Å². The summed E-state index contributed by atoms with van der Waals surface area (Å²) in [5.41, 5.74) is 1.17. The molecule has 0 aromatic heterocycles. The Balaban J connectivity index is 1.93. The minimum Gasteiger partial charge on any atom is -0.465 e. The van der Waals surface area contributed by atoms with Crippen molar-refractivity contribution in [3.63, 3.8) is 0 Å². The maximum absolute atomic E-state index is 12.4. The summed E-state index contributed by atoms with van der Waals surface area (Å²) in [5.74, 6) is -0.232. The second kappa shape index (κ2) is 5.84. The van der Waals surface area contributed by atoms with Gasteiger partial charge in [0.05, 0.1) is 6.61 Å². The summed E-state index contributed by atoms with van der Waals surface area (Å²) in [6, 6.07) is 9.97. The Morgan fingerprint density at radius 2 is 2.05 bits per heavy atom. The molecular formula is C18H23NO3. The zero-order valence-electron chi connectivity index (χ0n) is 13.4. The average molecular weight is 301 g/mol. The third kappa shape index (κ3) is 2.26. The number of ketones is 1. The van der Waals surface area contributed by atoms with Crippen molar-refractivity contribution in [3.05, 3.63) is 35.9 Å². The molecule has 0 N–H and O–H groups in total. The summed E-state index contributed by atoms with van der Waals surface area (Å²) < 4.78 is 5.25. The molecule has 4 nitrogen and oxygen atoms in total. The van der Waals surface area contributed by atoms with Crippen LogP contribution in [0.4, 0.5) is 0 Å². The number of esters is 1. The van der Waals surface area contributed by atoms with Crippen molar-refractivity contribution in [2.24, 2.45) is 11.8 Å². The molecule has 1 aliphatic carbocycles. The van der Waals surface area contributed by atoms with Crippen LogP contribution >= 0.6 is 0 Å². The number of fused-ring (bicyclic) bond motifs is 2. The van der Waals surface area contributed by atoms with Crippen molar-refractivity contribution < 1.29 is 14.3 Å². The standard InChI is InChI=1S/C18H23NO3/c1-4-22-18(21)16-14-10-15(11(2)17(14)20)19(16)12(3)13-8-6-5-7-9-13/h5-9,11-12,14-16H,4,10H2,1-3H3/t11?,12-,14+,15+,16+/m1/s1. The first-order valence-corrected chi connectivity index (χ1v) is 8.09. The molecule has 1 unspecified atom stereocenters. The van der Waals surface area contributed by atoms with E-state index in [-0.39, 0.29) is 35.7 Å². The highest BCUT2D eigenvalue weighted by atomic mass is 16.5. The molecule has 4 heteroatoms. The fourth-order valence-electron chi connectivity index (χ4n) is 4.13. The first-order valence-electron chi connectivity index (χ1n) is 8.09. The van der Waals surface area contributed by atoms with Crippen LogP contribution in [0.2, 0.25) is 0 Å². The molecule has 0 radical (unpaired) electrons. The number of hydrogen-bond acceptors (Lipinski definition) is 4. The minimum absolute atomic E-state index is 0.00170. The van der Waals surface area contributed by atoms with Crippen LogP contribution in [-0.2, 0) is 14.3 Å². The SMILES string of the molecule is CCOC(=O)[C@@H]1[C@@H]2C[C@@H](C(C)C2=O)N1[C@H](C)c1ccccc1. The molecular weight excluding hydrogens is 278 g/mol. The van der Waals surface area contributed by atoms with E-state index in [4.69, 9.17) is 4.74 Å². The van der Waals surface area contributed by atoms with E-state index in [2.05, 4.69) is 24.0 Å². The van der Waals surface area contributed by atoms with Crippen LogP contribution < -0.4 is 0 Å². The Morgan fingerprint density at radius 3 is 2.68 bits per heavy atom. The first-order chi connectivity index (χ1) is 10.6. The summed E-state index contributed by atoms with van der Waals surface area (Å²) in [6.07, 6.45) is 0.778. The monoisotopic (exact) mass is 301 g/mol. The smallest absolute Gasteiger partial charge is 0.324 e. The third-order valence-corrected chi connectivity index (χ3v) is 5.23. The molecule has 1 saturated heterocycles. The van der Waals surface area contributed by atoms with Gasteiger partial charge in [0.1, 0.15) is 11.8 Å². The van der Waals surface area contributed by atoms with E-state index in [1.54, 1.807) is 6.92 Å². The summed E-state index contributed by atoms with van der Waals surface area (Å²) in [7, 11) is 0. The number of carbonyl (C=O) groups is 2. The molecule has 1 aromatic carbocycles. The van der Waals surface area contributed by atoms with E-state index in [0.717, 1.165) is 6.42 Å². The summed E-state index contributed by atoms with van der Waals surface area (Å²) in [6.45, 7) is 6.25. The molecule has 2 aliphatic rings. The molecule has 2 bridgehead atoms. The molecule has 22 heavy (non-hydrogen) atoms. The lowest BCUT2D eigenvalue weighted by Crippen LogP contribution is -2.53. The van der Waals surface area contributed by atoms with Crippen molar-refractivity contribution in [1.82, 2.24) is 4.90 Å². The number of carbonyl (C=O) groups excluding carboxylic acids is 2. The van der Waals surface area contributed by atoms with Crippen LogP contribution in [0.1, 0.15) is 38.8 Å². The van der Waals surface area contributed by atoms with Crippen LogP contribution in [-0.4, -0.2) is 35.3 Å². The lowest BCUT2D eigenvalue weighted by atomic mass is 9.89. The number of hydrogen-bond donors (Lipinski definition) is 0. The van der Waals surface area contributed by atoms with Crippen molar-refractivity contribution in [1.29, 1.82) is 0 Å². The molecule has 1 aliphatic heterocycles. The van der Waals surface area contributed by atoms with Gasteiger partial charge in [-0.25, -0.2) is 0 Å². The first kappa shape index (κ1) is 15.2. The largest absolute Gasteiger partial charge is 0.465 e. The zero-order valence-corrected chi connectivity index (χ0v) is 13.4. The maximum atomic E-state index is 12.4. The van der Waals surface area contributed by atoms with Crippen molar-refractivity contribution in [3.8, 4) is 0 Å². The van der Waals surface area contributed by atoms with E-state index in [9.17, 15) is 9.59 Å². The highest BCUT2D eigenvalue weighted by Gasteiger charge is 2.59. The molecule has 1 heterocycles. The van der Waals surface area contributed by atoms with Crippen molar-refractivity contribution >= 4 is 11.8 Å². The Hall–Kier alpha value is -1.68. The fourth-order valence-corrected chi connectivity index (χ4v) is 4.13. The summed E-state index contributed by atoms with van der Waals surface area (Å²) >= 11 is 0. The molecule has 5 atom stereocenters. The van der Waals surface area contributed by atoms with Gasteiger partial charge in [-0.05, 0) is 25.8 Å². The van der Waals surface area contributed by atoms with Gasteiger partial charge in [-0.1, -0.05) is 37.3 Å². The lowest BCUT2D eigenvalue weighted by molar-refractivity contribution is -0.156. The maximum Gasteiger partial charge on any atom is 0.324 e. The summed E-state index contributed by atoms with van der Waals surface area (Å²) in [4.78, 5) is 27.0. The van der Waals surface area contributed by atoms with Gasteiger partial charge in [-0.3, -0.25) is 14.5 Å². The van der Waals surface area contributed by atoms with E-state index in [0.29, 0.717) is 6.61 Å². The van der Waals surface area contributed by atoms with Gasteiger partial charge in [-0.15, -0.1) is 0 Å². The number of Topliss-reactive ketones (excluding diaryl/α,β-unsaturated/α-hetero) is 1. The lowest BCUT2D eigenvalue weighted by Gasteiger charge is -2.40. The Labute approximate surface area is 131 Å². The van der Waals surface area contributed by atoms with Gasteiger partial charge in [-0.2, -0.15) is 0 Å². The second-order valence-electron chi connectivity index (χ2n) is 6.33. The summed E-state index contributed by atoms with van der Waals surface area (Å²) in [5, 5.41) is 0. The zero-order chi connectivity index (χ0) is 15.9. The van der Waals surface area contributed by atoms with Crippen molar-refractivity contribution in [2.75, 3.05) is 6.61 Å². The van der Waals surface area contributed by atoms with Gasteiger partial charge in [0, 0.05) is 23.9 Å². The molecule has 1 aromatic rings. The van der Waals surface area contributed by atoms with Gasteiger partial charge < -0.3 is 4.74 Å². The number of ether oxygens (including phenoxy) is 1. The van der Waals surface area contributed by atoms with E-state index in [1.807, 2.05) is 25.1 Å². The number of benzene rings is 1. The quantitative estimate of drug-likeness (QED) is 0.802. The molecule has 118 valence electrons. The molecule has 1 saturated carbocycles. The highest BCUT2D eigenvalue weighted by molar-refractivity contribution is 5.94. The molecule has 2 fully saturated rings. The normalized spacial score (nSPS) is 32.2. The van der Waals surface area contributed by atoms with E-state index < -0.39 is 6.04 Å². The predicted octanol–water partition coefficient (Wildman–Crippen LogP) is 2.59. The van der Waals surface area contributed by atoms with Crippen LogP contribution in [0.15, 0.2) is 30.3 Å². The molecule has 0 spiro atoms. The minimum atomic E-state index is -0.427. The predicted molar refractivity (Wildman–Crippen MR) is 83.2 cm³/mol. The number of piperidine rings is 1. The second-order valence-corrected chi connectivity index (χ2v) is 6.33. The average Bonchev–Trinajstić information content (AvgIpc) is 3.05. The fraction of sp³-hybridized carbons (Fsp3) is 0.556. The highest BCUT2D eigenvalue weighted by Crippen LogP contribution is 2.47. The topological polar surface area (TPSA) is 46.6 Å². The van der Waals surface area contributed by atoms with Gasteiger partial charge in [0.25, 0.3) is 0 Å². The van der Waals surface area contributed by atoms with Crippen LogP contribution in [0.25, 0.3) is 0 Å². The van der Waals surface area contributed by atoms with E-state index >= 15 is 0 Å². The van der Waals surface area contributed by atoms with Crippen molar-refractivity contribution in [2.45, 2.75) is 45.3 Å². The van der Waals surface area contributed by atoms with Gasteiger partial charge in [0.2, 0.25) is 0 Å².